The molecule has 0 aliphatic rings. The lowest BCUT2D eigenvalue weighted by Gasteiger charge is -2.23. The zero-order valence-electron chi connectivity index (χ0n) is 15.3. The first kappa shape index (κ1) is 21.3. The summed E-state index contributed by atoms with van der Waals surface area (Å²) in [7, 11) is 0. The van der Waals surface area contributed by atoms with Crippen LogP contribution in [0.25, 0.3) is 0 Å². The third-order valence-corrected chi connectivity index (χ3v) is 4.04. The van der Waals surface area contributed by atoms with E-state index in [0.29, 0.717) is 11.8 Å². The van der Waals surface area contributed by atoms with E-state index in [1.54, 1.807) is 12.1 Å². The van der Waals surface area contributed by atoms with Crippen molar-refractivity contribution in [1.29, 1.82) is 5.26 Å². The monoisotopic (exact) mass is 392 g/mol. The number of halogens is 3. The summed E-state index contributed by atoms with van der Waals surface area (Å²) in [6, 6.07) is 11.3. The van der Waals surface area contributed by atoms with Crippen molar-refractivity contribution in [2.24, 2.45) is 0 Å². The van der Waals surface area contributed by atoms with Crippen molar-refractivity contribution < 1.29 is 27.8 Å². The molecule has 2 N–H and O–H groups in total. The maximum atomic E-state index is 13.0. The van der Waals surface area contributed by atoms with E-state index in [2.05, 4.69) is 5.32 Å². The van der Waals surface area contributed by atoms with Crippen LogP contribution in [0.5, 0.6) is 5.75 Å². The molecule has 0 bridgehead atoms. The molecule has 1 amide bonds. The zero-order chi connectivity index (χ0) is 20.9. The van der Waals surface area contributed by atoms with Crippen molar-refractivity contribution in [3.05, 3.63) is 59.2 Å². The smallest absolute Gasteiger partial charge is 0.417 e. The number of nitrogens with one attached hydrogen (secondary N) is 1. The molecule has 0 heterocycles. The summed E-state index contributed by atoms with van der Waals surface area (Å²) in [6.45, 7) is 2.79. The Morgan fingerprint density at radius 3 is 2.39 bits per heavy atom. The number of ether oxygens (including phenoxy) is 1. The van der Waals surface area contributed by atoms with Gasteiger partial charge in [-0.25, -0.2) is 0 Å². The number of amides is 1. The number of anilines is 1. The van der Waals surface area contributed by atoms with Gasteiger partial charge in [0.2, 0.25) is 0 Å². The molecule has 5 nitrogen and oxygen atoms in total. The van der Waals surface area contributed by atoms with Crippen molar-refractivity contribution >= 4 is 11.6 Å². The highest BCUT2D eigenvalue weighted by Gasteiger charge is 2.35. The summed E-state index contributed by atoms with van der Waals surface area (Å²) in [5, 5.41) is 21.3. The molecule has 2 aromatic carbocycles. The minimum absolute atomic E-state index is 0.191. The lowest BCUT2D eigenvalue weighted by Crippen LogP contribution is -2.45. The highest BCUT2D eigenvalue weighted by Crippen LogP contribution is 2.33. The fraction of sp³-hybridized carbons (Fsp3) is 0.300. The summed E-state index contributed by atoms with van der Waals surface area (Å²) in [6.07, 6.45) is -3.90. The van der Waals surface area contributed by atoms with Crippen LogP contribution in [-0.2, 0) is 17.4 Å². The van der Waals surface area contributed by atoms with Gasteiger partial charge >= 0.3 is 6.18 Å². The Hall–Kier alpha value is -3.05. The Bertz CT molecular complexity index is 885. The van der Waals surface area contributed by atoms with E-state index >= 15 is 0 Å². The highest BCUT2D eigenvalue weighted by atomic mass is 19.4. The van der Waals surface area contributed by atoms with Crippen LogP contribution in [0.1, 0.15) is 30.5 Å². The Morgan fingerprint density at radius 2 is 1.86 bits per heavy atom. The Labute approximate surface area is 160 Å². The molecule has 0 aliphatic heterocycles. The van der Waals surface area contributed by atoms with Gasteiger partial charge in [-0.15, -0.1) is 0 Å². The summed E-state index contributed by atoms with van der Waals surface area (Å²) in [4.78, 5) is 12.3. The Balaban J connectivity index is 2.09. The van der Waals surface area contributed by atoms with E-state index in [1.165, 1.54) is 13.0 Å². The molecular weight excluding hydrogens is 373 g/mol. The molecule has 28 heavy (non-hydrogen) atoms. The van der Waals surface area contributed by atoms with Gasteiger partial charge in [0.05, 0.1) is 17.2 Å². The van der Waals surface area contributed by atoms with Crippen LogP contribution in [0.2, 0.25) is 0 Å². The summed E-state index contributed by atoms with van der Waals surface area (Å²) in [5.74, 6) is -0.487. The van der Waals surface area contributed by atoms with Crippen molar-refractivity contribution in [1.82, 2.24) is 0 Å². The zero-order valence-corrected chi connectivity index (χ0v) is 15.3. The molecule has 0 saturated heterocycles. The summed E-state index contributed by atoms with van der Waals surface area (Å²) >= 11 is 0. The van der Waals surface area contributed by atoms with E-state index in [1.807, 2.05) is 19.1 Å². The Morgan fingerprint density at radius 1 is 1.21 bits per heavy atom. The van der Waals surface area contributed by atoms with E-state index < -0.39 is 35.4 Å². The SMILES string of the molecule is CCc1ccc(OCC(C)(O)C(=O)Nc2ccc(C#N)c(C(F)(F)F)c2)cc1. The number of nitriles is 1. The van der Waals surface area contributed by atoms with Crippen LogP contribution in [0.15, 0.2) is 42.5 Å². The molecule has 1 atom stereocenters. The molecule has 0 saturated carbocycles. The van der Waals surface area contributed by atoms with Gasteiger partial charge in [0.25, 0.3) is 5.91 Å². The quantitative estimate of drug-likeness (QED) is 0.781. The van der Waals surface area contributed by atoms with Crippen LogP contribution in [0.3, 0.4) is 0 Å². The first-order valence-electron chi connectivity index (χ1n) is 8.43. The van der Waals surface area contributed by atoms with Crippen LogP contribution in [0.4, 0.5) is 18.9 Å². The van der Waals surface area contributed by atoms with Gasteiger partial charge in [-0.05, 0) is 49.2 Å². The maximum absolute atomic E-state index is 13.0. The molecule has 0 spiro atoms. The lowest BCUT2D eigenvalue weighted by atomic mass is 10.1. The van der Waals surface area contributed by atoms with E-state index in [-0.39, 0.29) is 5.69 Å². The highest BCUT2D eigenvalue weighted by molar-refractivity contribution is 5.97. The van der Waals surface area contributed by atoms with E-state index in [4.69, 9.17) is 10.00 Å². The molecule has 0 aliphatic carbocycles. The third-order valence-electron chi connectivity index (χ3n) is 4.04. The maximum Gasteiger partial charge on any atom is 0.417 e. The predicted octanol–water partition coefficient (Wildman–Crippen LogP) is 3.91. The second kappa shape index (κ2) is 8.31. The van der Waals surface area contributed by atoms with Gasteiger partial charge in [-0.1, -0.05) is 19.1 Å². The van der Waals surface area contributed by atoms with Crippen molar-refractivity contribution in [3.63, 3.8) is 0 Å². The van der Waals surface area contributed by atoms with E-state index in [9.17, 15) is 23.1 Å². The van der Waals surface area contributed by atoms with Gasteiger partial charge in [0.1, 0.15) is 12.4 Å². The van der Waals surface area contributed by atoms with Crippen LogP contribution in [0, 0.1) is 11.3 Å². The van der Waals surface area contributed by atoms with Gasteiger partial charge in [-0.2, -0.15) is 18.4 Å². The van der Waals surface area contributed by atoms with Crippen molar-refractivity contribution in [2.45, 2.75) is 32.0 Å². The molecule has 8 heteroatoms. The standard InChI is InChI=1S/C20H19F3N2O3/c1-3-13-4-8-16(9-5-13)28-12-19(2,27)18(26)25-15-7-6-14(11-24)17(10-15)20(21,22)23/h4-10,27H,3,12H2,1-2H3,(H,25,26). The minimum Gasteiger partial charge on any atom is -0.490 e. The molecule has 0 aromatic heterocycles. The predicted molar refractivity (Wildman–Crippen MR) is 96.7 cm³/mol. The molecule has 2 rings (SSSR count). The van der Waals surface area contributed by atoms with Crippen molar-refractivity contribution in [2.75, 3.05) is 11.9 Å². The number of hydrogen-bond donors (Lipinski definition) is 2. The normalized spacial score (nSPS) is 13.3. The molecular formula is C20H19F3N2O3. The molecule has 0 radical (unpaired) electrons. The van der Waals surface area contributed by atoms with Crippen molar-refractivity contribution in [3.8, 4) is 11.8 Å². The summed E-state index contributed by atoms with van der Waals surface area (Å²) < 4.78 is 44.5. The number of aliphatic hydroxyl groups is 1. The Kier molecular flexibility index (Phi) is 6.31. The van der Waals surface area contributed by atoms with Gasteiger partial charge in [0, 0.05) is 5.69 Å². The largest absolute Gasteiger partial charge is 0.490 e. The van der Waals surface area contributed by atoms with Gasteiger partial charge < -0.3 is 15.2 Å². The fourth-order valence-corrected chi connectivity index (χ4v) is 2.33. The number of alkyl halides is 3. The lowest BCUT2D eigenvalue weighted by molar-refractivity contribution is -0.138. The number of nitrogens with zero attached hydrogens (tertiary/aromatic N) is 1. The molecule has 1 unspecified atom stereocenters. The third kappa shape index (κ3) is 5.24. The van der Waals surface area contributed by atoms with E-state index in [0.717, 1.165) is 24.1 Å². The number of hydrogen-bond acceptors (Lipinski definition) is 4. The number of carbonyl (C=O) groups excluding carboxylic acids is 1. The van der Waals surface area contributed by atoms with Crippen LogP contribution < -0.4 is 10.1 Å². The second-order valence-electron chi connectivity index (χ2n) is 6.38. The second-order valence-corrected chi connectivity index (χ2v) is 6.38. The molecule has 2 aromatic rings. The summed E-state index contributed by atoms with van der Waals surface area (Å²) in [5.41, 5.74) is -2.81. The average Bonchev–Trinajstić information content (AvgIpc) is 2.66. The van der Waals surface area contributed by atoms with Gasteiger partial charge in [0.15, 0.2) is 5.60 Å². The average molecular weight is 392 g/mol. The minimum atomic E-state index is -4.75. The number of carbonyl (C=O) groups is 1. The van der Waals surface area contributed by atoms with Gasteiger partial charge in [-0.3, -0.25) is 4.79 Å². The first-order valence-corrected chi connectivity index (χ1v) is 8.43. The fourth-order valence-electron chi connectivity index (χ4n) is 2.33. The molecule has 0 fully saturated rings. The van der Waals surface area contributed by atoms with Crippen LogP contribution in [-0.4, -0.2) is 23.2 Å². The number of benzene rings is 2. The topological polar surface area (TPSA) is 82.3 Å². The molecule has 148 valence electrons. The number of aryl methyl sites for hydroxylation is 1. The number of rotatable bonds is 6. The first-order chi connectivity index (χ1) is 13.1. The van der Waals surface area contributed by atoms with Crippen LogP contribution >= 0.6 is 0 Å².